The average molecular weight is 795 g/mol. The molecule has 4 aromatic carbocycles. The summed E-state index contributed by atoms with van der Waals surface area (Å²) in [6, 6.07) is 36.6. The second-order valence-electron chi connectivity index (χ2n) is 17.5. The first-order chi connectivity index (χ1) is 28.7. The Morgan fingerprint density at radius 1 is 0.458 bits per heavy atom. The Morgan fingerprint density at radius 2 is 0.814 bits per heavy atom. The highest BCUT2D eigenvalue weighted by Crippen LogP contribution is 2.40. The second kappa shape index (κ2) is 21.7. The molecular weight excluding hydrogens is 721 g/mol. The summed E-state index contributed by atoms with van der Waals surface area (Å²) in [7, 11) is 8.47. The first kappa shape index (κ1) is 44.1. The molecule has 0 saturated heterocycles. The highest BCUT2D eigenvalue weighted by Gasteiger charge is 2.27. The summed E-state index contributed by atoms with van der Waals surface area (Å²) in [4.78, 5) is 4.37. The topological polar surface area (TPSA) is 25.6 Å². The summed E-state index contributed by atoms with van der Waals surface area (Å²) < 4.78 is 12.4. The summed E-state index contributed by atoms with van der Waals surface area (Å²) in [6.07, 6.45) is 15.6. The summed E-state index contributed by atoms with van der Waals surface area (Å²) in [5.41, 5.74) is 13.3. The Bertz CT molecular complexity index is 2020. The summed E-state index contributed by atoms with van der Waals surface area (Å²) >= 11 is 0. The highest BCUT2D eigenvalue weighted by molar-refractivity contribution is 5.87. The van der Waals surface area contributed by atoms with Gasteiger partial charge in [-0.2, -0.15) is 0 Å². The maximum atomic E-state index is 7.19. The third-order valence-corrected chi connectivity index (χ3v) is 12.9. The molecule has 0 N–H and O–H groups in total. The van der Waals surface area contributed by atoms with E-state index in [4.69, 9.17) is 4.74 Å². The quantitative estimate of drug-likeness (QED) is 0.0571. The van der Waals surface area contributed by atoms with Crippen LogP contribution < -0.4 is 9.80 Å². The molecule has 0 bridgehead atoms. The first-order valence-corrected chi connectivity index (χ1v) is 23.0. The number of unbranched alkanes of at least 4 members (excludes halogenated alkanes) is 10. The van der Waals surface area contributed by atoms with Crippen LogP contribution >= 0.6 is 0 Å². The number of ether oxygens (including phenoxy) is 1. The summed E-state index contributed by atoms with van der Waals surface area (Å²) in [5, 5.41) is 2.71. The minimum absolute atomic E-state index is 0.0915. The van der Waals surface area contributed by atoms with E-state index in [1.54, 1.807) is 0 Å². The van der Waals surface area contributed by atoms with E-state index < -0.39 is 0 Å². The molecule has 0 fully saturated rings. The van der Waals surface area contributed by atoms with Crippen molar-refractivity contribution in [3.63, 3.8) is 0 Å². The van der Waals surface area contributed by atoms with Gasteiger partial charge in [0, 0.05) is 97.7 Å². The van der Waals surface area contributed by atoms with Crippen LogP contribution in [0.1, 0.15) is 136 Å². The van der Waals surface area contributed by atoms with Gasteiger partial charge in [0.1, 0.15) is 0 Å². The Balaban J connectivity index is 1.35. The number of hydrogen-bond donors (Lipinski definition) is 0. The smallest absolute Gasteiger partial charge is 0.0576 e. The number of anilines is 2. The maximum absolute atomic E-state index is 7.19. The molecule has 0 amide bonds. The van der Waals surface area contributed by atoms with Crippen LogP contribution in [0, 0.1) is 13.8 Å². The molecule has 2 heterocycles. The number of hydrogen-bond acceptors (Lipinski definition) is 3. The van der Waals surface area contributed by atoms with Crippen LogP contribution in [-0.2, 0) is 17.8 Å². The number of rotatable bonds is 24. The minimum atomic E-state index is 0.0915. The number of aryl methyl sites for hydroxylation is 2. The van der Waals surface area contributed by atoms with E-state index in [0.717, 1.165) is 13.1 Å². The SMILES string of the molecule is CCCCCCCCn1c(C)c(C(COCC(c2ccc(N(C)C)cc2)c2c(C)n(CCCCCCCC)c3ccccc23)c2ccc(N(C)C)cc2)c2ccccc21. The Hall–Kier alpha value is -4.48. The monoisotopic (exact) mass is 795 g/mol. The van der Waals surface area contributed by atoms with Crippen molar-refractivity contribution in [1.82, 2.24) is 9.13 Å². The van der Waals surface area contributed by atoms with Crippen LogP contribution in [0.15, 0.2) is 97.1 Å². The normalized spacial score (nSPS) is 12.7. The van der Waals surface area contributed by atoms with Gasteiger partial charge in [-0.15, -0.1) is 0 Å². The van der Waals surface area contributed by atoms with Gasteiger partial charge in [-0.3, -0.25) is 0 Å². The summed E-state index contributed by atoms with van der Waals surface area (Å²) in [6.45, 7) is 12.6. The molecule has 6 rings (SSSR count). The maximum Gasteiger partial charge on any atom is 0.0576 e. The molecule has 0 aliphatic rings. The number of benzene rings is 4. The molecule has 0 saturated carbocycles. The van der Waals surface area contributed by atoms with E-state index in [1.165, 1.54) is 144 Å². The Kier molecular flexibility index (Phi) is 16.2. The lowest BCUT2D eigenvalue weighted by molar-refractivity contribution is 0.121. The molecule has 5 nitrogen and oxygen atoms in total. The summed E-state index contributed by atoms with van der Waals surface area (Å²) in [5.74, 6) is 0.183. The molecule has 2 aromatic heterocycles. The van der Waals surface area contributed by atoms with Crippen LogP contribution in [0.25, 0.3) is 21.8 Å². The highest BCUT2D eigenvalue weighted by atomic mass is 16.5. The minimum Gasteiger partial charge on any atom is -0.379 e. The van der Waals surface area contributed by atoms with Crippen molar-refractivity contribution in [2.24, 2.45) is 0 Å². The predicted octanol–water partition coefficient (Wildman–Crippen LogP) is 14.0. The van der Waals surface area contributed by atoms with Crippen LogP contribution in [0.5, 0.6) is 0 Å². The van der Waals surface area contributed by atoms with Crippen LogP contribution in [-0.4, -0.2) is 50.5 Å². The molecule has 2 unspecified atom stereocenters. The zero-order chi connectivity index (χ0) is 41.7. The molecule has 59 heavy (non-hydrogen) atoms. The van der Waals surface area contributed by atoms with Crippen molar-refractivity contribution in [3.05, 3.63) is 131 Å². The molecule has 2 atom stereocenters. The molecule has 0 aliphatic carbocycles. The fourth-order valence-corrected chi connectivity index (χ4v) is 9.48. The Labute approximate surface area is 357 Å². The molecule has 0 aliphatic heterocycles. The van der Waals surface area contributed by atoms with Crippen LogP contribution in [0.2, 0.25) is 0 Å². The van der Waals surface area contributed by atoms with Crippen molar-refractivity contribution in [1.29, 1.82) is 0 Å². The van der Waals surface area contributed by atoms with Gasteiger partial charge >= 0.3 is 0 Å². The molecule has 0 spiro atoms. The van der Waals surface area contributed by atoms with Crippen molar-refractivity contribution in [2.75, 3.05) is 51.2 Å². The van der Waals surface area contributed by atoms with Crippen molar-refractivity contribution in [2.45, 2.75) is 130 Å². The van der Waals surface area contributed by atoms with Crippen molar-refractivity contribution in [3.8, 4) is 0 Å². The Morgan fingerprint density at radius 3 is 1.19 bits per heavy atom. The molecular formula is C54H74N4O. The van der Waals surface area contributed by atoms with Crippen molar-refractivity contribution < 1.29 is 4.74 Å². The van der Waals surface area contributed by atoms with Crippen LogP contribution in [0.3, 0.4) is 0 Å². The van der Waals surface area contributed by atoms with E-state index in [2.05, 4.69) is 172 Å². The molecule has 6 aromatic rings. The number of fused-ring (bicyclic) bond motifs is 2. The lowest BCUT2D eigenvalue weighted by atomic mass is 9.88. The fraction of sp³-hybridized carbons (Fsp3) is 0.481. The fourth-order valence-electron chi connectivity index (χ4n) is 9.48. The van der Waals surface area contributed by atoms with Crippen LogP contribution in [0.4, 0.5) is 11.4 Å². The largest absolute Gasteiger partial charge is 0.379 e. The number of para-hydroxylation sites is 2. The average Bonchev–Trinajstić information content (AvgIpc) is 3.69. The molecule has 5 heteroatoms. The van der Waals surface area contributed by atoms with Gasteiger partial charge in [0.05, 0.1) is 13.2 Å². The number of aromatic nitrogens is 2. The second-order valence-corrected chi connectivity index (χ2v) is 17.5. The third kappa shape index (κ3) is 10.6. The number of nitrogens with zero attached hydrogens (tertiary/aromatic N) is 4. The van der Waals surface area contributed by atoms with E-state index in [9.17, 15) is 0 Å². The van der Waals surface area contributed by atoms with E-state index in [1.807, 2.05) is 0 Å². The molecule has 316 valence electrons. The van der Waals surface area contributed by atoms with Gasteiger partial charge in [-0.05, 0) is 85.3 Å². The standard InChI is InChI=1S/C54H74N4O/c1-9-11-13-15-17-23-37-57-41(3)53(47-25-19-21-27-51(47)57)49(43-29-33-45(34-30-43)55(5)6)39-59-40-50(44-31-35-46(36-32-44)56(7)8)54-42(4)58(38-24-18-16-14-12-10-2)52-28-22-20-26-48(52)54/h19-22,25-36,49-50H,9-18,23-24,37-40H2,1-8H3. The lowest BCUT2D eigenvalue weighted by Gasteiger charge is -2.24. The van der Waals surface area contributed by atoms with E-state index >= 15 is 0 Å². The zero-order valence-corrected chi connectivity index (χ0v) is 37.9. The van der Waals surface area contributed by atoms with Gasteiger partial charge in [0.15, 0.2) is 0 Å². The van der Waals surface area contributed by atoms with Gasteiger partial charge in [0.25, 0.3) is 0 Å². The van der Waals surface area contributed by atoms with Gasteiger partial charge in [0.2, 0.25) is 0 Å². The van der Waals surface area contributed by atoms with Gasteiger partial charge in [-0.25, -0.2) is 0 Å². The van der Waals surface area contributed by atoms with E-state index in [-0.39, 0.29) is 11.8 Å². The van der Waals surface area contributed by atoms with Gasteiger partial charge < -0.3 is 23.7 Å². The van der Waals surface area contributed by atoms with Crippen molar-refractivity contribution >= 4 is 33.2 Å². The molecule has 0 radical (unpaired) electrons. The van der Waals surface area contributed by atoms with Gasteiger partial charge in [-0.1, -0.05) is 139 Å². The lowest BCUT2D eigenvalue weighted by Crippen LogP contribution is -2.17. The van der Waals surface area contributed by atoms with E-state index in [0.29, 0.717) is 13.2 Å². The zero-order valence-electron chi connectivity index (χ0n) is 37.9. The third-order valence-electron chi connectivity index (χ3n) is 12.9. The first-order valence-electron chi connectivity index (χ1n) is 23.0. The predicted molar refractivity (Wildman–Crippen MR) is 256 cm³/mol.